The van der Waals surface area contributed by atoms with Gasteiger partial charge < -0.3 is 10.1 Å². The van der Waals surface area contributed by atoms with Gasteiger partial charge in [0.1, 0.15) is 11.3 Å². The summed E-state index contributed by atoms with van der Waals surface area (Å²) >= 11 is 3.47. The minimum absolute atomic E-state index is 0.0838. The second-order valence-corrected chi connectivity index (χ2v) is 5.13. The summed E-state index contributed by atoms with van der Waals surface area (Å²) in [4.78, 5) is 14.7. The van der Waals surface area contributed by atoms with Gasteiger partial charge in [-0.3, -0.25) is 4.57 Å². The third kappa shape index (κ3) is 2.06. The zero-order chi connectivity index (χ0) is 13.4. The number of nitrogens with one attached hydrogen (secondary N) is 1. The van der Waals surface area contributed by atoms with Gasteiger partial charge in [-0.15, -0.1) is 0 Å². The molecule has 19 heavy (non-hydrogen) atoms. The summed E-state index contributed by atoms with van der Waals surface area (Å²) in [5.41, 5.74) is 1.95. The van der Waals surface area contributed by atoms with Gasteiger partial charge in [0.15, 0.2) is 0 Å². The minimum atomic E-state index is -0.229. The fourth-order valence-electron chi connectivity index (χ4n) is 2.12. The molecule has 4 nitrogen and oxygen atoms in total. The van der Waals surface area contributed by atoms with Crippen LogP contribution in [0, 0.1) is 0 Å². The third-order valence-electron chi connectivity index (χ3n) is 3.07. The summed E-state index contributed by atoms with van der Waals surface area (Å²) in [5, 5.41) is 9.74. The van der Waals surface area contributed by atoms with Crippen LogP contribution < -0.4 is 5.69 Å². The van der Waals surface area contributed by atoms with Crippen molar-refractivity contribution in [3.63, 3.8) is 0 Å². The first-order valence-corrected chi connectivity index (χ1v) is 6.60. The monoisotopic (exact) mass is 318 g/mol. The number of para-hydroxylation sites is 1. The molecule has 0 bridgehead atoms. The van der Waals surface area contributed by atoms with E-state index < -0.39 is 0 Å². The zero-order valence-corrected chi connectivity index (χ0v) is 11.5. The van der Waals surface area contributed by atoms with Crippen LogP contribution in [0.3, 0.4) is 0 Å². The average molecular weight is 319 g/mol. The average Bonchev–Trinajstić information content (AvgIpc) is 2.71. The highest BCUT2D eigenvalue weighted by Gasteiger charge is 2.10. The van der Waals surface area contributed by atoms with Crippen molar-refractivity contribution in [3.8, 4) is 5.75 Å². The molecule has 3 aromatic rings. The molecule has 0 radical (unpaired) electrons. The van der Waals surface area contributed by atoms with E-state index in [1.165, 1.54) is 0 Å². The van der Waals surface area contributed by atoms with E-state index in [9.17, 15) is 9.90 Å². The first-order valence-electron chi connectivity index (χ1n) is 5.81. The number of hydrogen-bond acceptors (Lipinski definition) is 2. The van der Waals surface area contributed by atoms with Crippen LogP contribution in [-0.2, 0) is 6.54 Å². The van der Waals surface area contributed by atoms with Gasteiger partial charge in [0, 0.05) is 4.47 Å². The molecule has 5 heteroatoms. The number of H-pyrrole nitrogens is 1. The van der Waals surface area contributed by atoms with Crippen molar-refractivity contribution >= 4 is 27.0 Å². The summed E-state index contributed by atoms with van der Waals surface area (Å²) < 4.78 is 2.56. The Balaban J connectivity index is 2.16. The molecule has 2 aromatic carbocycles. The Morgan fingerprint density at radius 3 is 2.74 bits per heavy atom. The number of aromatic hydroxyl groups is 1. The Labute approximate surface area is 117 Å². The number of phenolic OH excluding ortho intramolecular Hbond substituents is 1. The third-order valence-corrected chi connectivity index (χ3v) is 3.85. The lowest BCUT2D eigenvalue weighted by Crippen LogP contribution is -2.17. The van der Waals surface area contributed by atoms with Crippen LogP contribution in [0.4, 0.5) is 0 Å². The molecule has 96 valence electrons. The molecule has 0 aliphatic heterocycles. The molecule has 2 N–H and O–H groups in total. The molecule has 0 aliphatic rings. The molecule has 1 heterocycles. The van der Waals surface area contributed by atoms with Gasteiger partial charge in [-0.2, -0.15) is 0 Å². The van der Waals surface area contributed by atoms with Crippen molar-refractivity contribution in [1.29, 1.82) is 0 Å². The molecule has 0 unspecified atom stereocenters. The van der Waals surface area contributed by atoms with Crippen LogP contribution in [0.25, 0.3) is 11.0 Å². The predicted molar refractivity (Wildman–Crippen MR) is 77.5 cm³/mol. The van der Waals surface area contributed by atoms with E-state index in [0.29, 0.717) is 17.6 Å². The Morgan fingerprint density at radius 2 is 1.95 bits per heavy atom. The van der Waals surface area contributed by atoms with Crippen molar-refractivity contribution in [3.05, 3.63) is 63.0 Å². The Bertz CT molecular complexity index is 805. The van der Waals surface area contributed by atoms with E-state index in [0.717, 1.165) is 10.0 Å². The van der Waals surface area contributed by atoms with Gasteiger partial charge in [0.2, 0.25) is 0 Å². The van der Waals surface area contributed by atoms with Crippen LogP contribution in [0.5, 0.6) is 5.75 Å². The van der Waals surface area contributed by atoms with Crippen molar-refractivity contribution < 1.29 is 5.11 Å². The molecular weight excluding hydrogens is 308 g/mol. The number of imidazole rings is 1. The molecule has 0 aliphatic carbocycles. The highest BCUT2D eigenvalue weighted by molar-refractivity contribution is 9.10. The van der Waals surface area contributed by atoms with Gasteiger partial charge in [0.05, 0.1) is 12.1 Å². The number of aromatic amines is 1. The summed E-state index contributed by atoms with van der Waals surface area (Å²) in [5.74, 6) is 0.0838. The molecule has 0 atom stereocenters. The molecule has 0 amide bonds. The maximum atomic E-state index is 12.0. The lowest BCUT2D eigenvalue weighted by molar-refractivity contribution is 0.480. The van der Waals surface area contributed by atoms with Crippen molar-refractivity contribution in [1.82, 2.24) is 9.55 Å². The number of hydrogen-bond donors (Lipinski definition) is 2. The van der Waals surface area contributed by atoms with E-state index in [1.807, 2.05) is 30.3 Å². The maximum absolute atomic E-state index is 12.0. The molecule has 1 aromatic heterocycles. The first kappa shape index (κ1) is 12.0. The van der Waals surface area contributed by atoms with Crippen LogP contribution in [0.2, 0.25) is 0 Å². The predicted octanol–water partition coefficient (Wildman–Crippen LogP) is 2.85. The van der Waals surface area contributed by atoms with E-state index in [-0.39, 0.29) is 11.4 Å². The maximum Gasteiger partial charge on any atom is 0.326 e. The topological polar surface area (TPSA) is 58.0 Å². The van der Waals surface area contributed by atoms with Crippen LogP contribution in [-0.4, -0.2) is 14.7 Å². The number of nitrogens with zero attached hydrogens (tertiary/aromatic N) is 1. The number of aromatic nitrogens is 2. The molecule has 0 saturated carbocycles. The van der Waals surface area contributed by atoms with Gasteiger partial charge in [0.25, 0.3) is 0 Å². The van der Waals surface area contributed by atoms with E-state index in [2.05, 4.69) is 20.9 Å². The lowest BCUT2D eigenvalue weighted by Gasteiger charge is -2.06. The van der Waals surface area contributed by atoms with Gasteiger partial charge >= 0.3 is 5.69 Å². The van der Waals surface area contributed by atoms with Gasteiger partial charge in [-0.25, -0.2) is 4.79 Å². The largest absolute Gasteiger partial charge is 0.506 e. The van der Waals surface area contributed by atoms with E-state index >= 15 is 0 Å². The fourth-order valence-corrected chi connectivity index (χ4v) is 2.53. The van der Waals surface area contributed by atoms with Crippen LogP contribution >= 0.6 is 15.9 Å². The number of fused-ring (bicyclic) bond motifs is 1. The van der Waals surface area contributed by atoms with E-state index in [1.54, 1.807) is 16.7 Å². The van der Waals surface area contributed by atoms with Crippen LogP contribution in [0.1, 0.15) is 5.56 Å². The summed E-state index contributed by atoms with van der Waals surface area (Å²) in [6, 6.07) is 12.8. The number of halogens is 1. The number of benzene rings is 2. The smallest absolute Gasteiger partial charge is 0.326 e. The summed E-state index contributed by atoms with van der Waals surface area (Å²) in [6.07, 6.45) is 0. The highest BCUT2D eigenvalue weighted by atomic mass is 79.9. The van der Waals surface area contributed by atoms with Gasteiger partial charge in [-0.1, -0.05) is 40.2 Å². The van der Waals surface area contributed by atoms with Crippen molar-refractivity contribution in [2.75, 3.05) is 0 Å². The molecule has 0 fully saturated rings. The number of rotatable bonds is 2. The minimum Gasteiger partial charge on any atom is -0.506 e. The molecule has 3 rings (SSSR count). The number of phenols is 1. The molecule has 0 saturated heterocycles. The summed E-state index contributed by atoms with van der Waals surface area (Å²) in [7, 11) is 0. The lowest BCUT2D eigenvalue weighted by atomic mass is 10.2. The Kier molecular flexibility index (Phi) is 2.91. The standard InChI is InChI=1S/C14H11BrN2O2/c15-10-5-2-1-4-9(10)8-17-11-6-3-7-12(18)13(11)16-14(17)19/h1-7,18H,8H2,(H,16,19). The van der Waals surface area contributed by atoms with Crippen LogP contribution in [0.15, 0.2) is 51.7 Å². The fraction of sp³-hybridized carbons (Fsp3) is 0.0714. The quantitative estimate of drug-likeness (QED) is 0.763. The van der Waals surface area contributed by atoms with Crippen molar-refractivity contribution in [2.45, 2.75) is 6.54 Å². The SMILES string of the molecule is O=c1[nH]c2c(O)cccc2n1Cc1ccccc1Br. The first-order chi connectivity index (χ1) is 9.16. The normalized spacial score (nSPS) is 11.0. The second-order valence-electron chi connectivity index (χ2n) is 4.28. The Morgan fingerprint density at radius 1 is 1.16 bits per heavy atom. The van der Waals surface area contributed by atoms with E-state index in [4.69, 9.17) is 0 Å². The van der Waals surface area contributed by atoms with Crippen molar-refractivity contribution in [2.24, 2.45) is 0 Å². The Hall–Kier alpha value is -2.01. The molecular formula is C14H11BrN2O2. The highest BCUT2D eigenvalue weighted by Crippen LogP contribution is 2.23. The zero-order valence-electron chi connectivity index (χ0n) is 9.93. The summed E-state index contributed by atoms with van der Waals surface area (Å²) in [6.45, 7) is 0.448. The van der Waals surface area contributed by atoms with Gasteiger partial charge in [-0.05, 0) is 23.8 Å². The molecule has 0 spiro atoms. The second kappa shape index (κ2) is 4.59.